The van der Waals surface area contributed by atoms with E-state index in [0.29, 0.717) is 5.56 Å². The van der Waals surface area contributed by atoms with Gasteiger partial charge in [0.2, 0.25) is 5.92 Å². The second kappa shape index (κ2) is 9.07. The molecule has 0 unspecified atom stereocenters. The Bertz CT molecular complexity index is 1140. The summed E-state index contributed by atoms with van der Waals surface area (Å²) in [5.41, 5.74) is 1.55. The monoisotopic (exact) mass is 468 g/mol. The molecule has 3 aromatic rings. The van der Waals surface area contributed by atoms with Crippen LogP contribution in [0.4, 0.5) is 8.78 Å². The van der Waals surface area contributed by atoms with Gasteiger partial charge in [-0.25, -0.2) is 13.8 Å². The lowest BCUT2D eigenvalue weighted by molar-refractivity contribution is -0.149. The quantitative estimate of drug-likeness (QED) is 0.512. The molecule has 2 heterocycles. The van der Waals surface area contributed by atoms with Gasteiger partial charge in [0, 0.05) is 44.4 Å². The standard InChI is InChI=1S/C26H30F2N4O2/c27-25(28)11-8-20(15-25)26(34,19-4-2-1-3-5-19)24(33)31-21-9-12-32(13-10-21)16-18-6-7-22-23(14-18)30-17-29-22/h1-7,14,17,20-21,34H,8-13,15-16H2,(H,29,30)(H,31,33)/t20-,26+/m1/s1. The van der Waals surface area contributed by atoms with E-state index in [1.54, 1.807) is 36.7 Å². The van der Waals surface area contributed by atoms with E-state index < -0.39 is 29.8 Å². The van der Waals surface area contributed by atoms with Crippen molar-refractivity contribution in [1.29, 1.82) is 0 Å². The number of benzene rings is 2. The van der Waals surface area contributed by atoms with Crippen molar-refractivity contribution in [3.63, 3.8) is 0 Å². The molecular weight excluding hydrogens is 438 g/mol. The van der Waals surface area contributed by atoms with Gasteiger partial charge in [-0.3, -0.25) is 9.69 Å². The van der Waals surface area contributed by atoms with Crippen LogP contribution in [-0.2, 0) is 16.9 Å². The molecule has 0 radical (unpaired) electrons. The average Bonchev–Trinajstić information content (AvgIpc) is 3.46. The van der Waals surface area contributed by atoms with Crippen molar-refractivity contribution in [3.05, 3.63) is 66.0 Å². The number of halogens is 2. The number of piperidine rings is 1. The summed E-state index contributed by atoms with van der Waals surface area (Å²) in [5, 5.41) is 14.6. The summed E-state index contributed by atoms with van der Waals surface area (Å²) in [5.74, 6) is -4.23. The number of hydrogen-bond donors (Lipinski definition) is 3. The Morgan fingerprint density at radius 1 is 1.18 bits per heavy atom. The van der Waals surface area contributed by atoms with Crippen LogP contribution in [0.2, 0.25) is 0 Å². The molecule has 2 fully saturated rings. The summed E-state index contributed by atoms with van der Waals surface area (Å²) < 4.78 is 28.0. The van der Waals surface area contributed by atoms with Gasteiger partial charge >= 0.3 is 0 Å². The fourth-order valence-corrected chi connectivity index (χ4v) is 5.42. The third kappa shape index (κ3) is 4.57. The topological polar surface area (TPSA) is 81.2 Å². The molecular formula is C26H30F2N4O2. The lowest BCUT2D eigenvalue weighted by Gasteiger charge is -2.37. The summed E-state index contributed by atoms with van der Waals surface area (Å²) in [4.78, 5) is 23.1. The van der Waals surface area contributed by atoms with Crippen molar-refractivity contribution >= 4 is 16.9 Å². The number of carbonyl (C=O) groups excluding carboxylic acids is 1. The summed E-state index contributed by atoms with van der Waals surface area (Å²) in [6, 6.07) is 14.6. The van der Waals surface area contributed by atoms with Crippen LogP contribution in [0.5, 0.6) is 0 Å². The first kappa shape index (κ1) is 22.9. The third-order valence-corrected chi connectivity index (χ3v) is 7.37. The predicted molar refractivity (Wildman–Crippen MR) is 125 cm³/mol. The summed E-state index contributed by atoms with van der Waals surface area (Å²) in [6.45, 7) is 2.40. The Labute approximate surface area is 197 Å². The van der Waals surface area contributed by atoms with Crippen LogP contribution in [0.3, 0.4) is 0 Å². The van der Waals surface area contributed by atoms with Crippen molar-refractivity contribution in [2.75, 3.05) is 13.1 Å². The fourth-order valence-electron chi connectivity index (χ4n) is 5.42. The highest BCUT2D eigenvalue weighted by Gasteiger charge is 2.53. The van der Waals surface area contributed by atoms with E-state index in [2.05, 4.69) is 32.3 Å². The largest absolute Gasteiger partial charge is 0.375 e. The van der Waals surface area contributed by atoms with Crippen LogP contribution in [0.1, 0.15) is 43.2 Å². The number of nitrogens with zero attached hydrogens (tertiary/aromatic N) is 2. The SMILES string of the molecule is O=C(NC1CCN(Cc2ccc3[nH]cnc3c2)CC1)[C@](O)(c1ccccc1)[C@@H]1CCC(F)(F)C1. The molecule has 180 valence electrons. The maximum atomic E-state index is 14.0. The van der Waals surface area contributed by atoms with Gasteiger partial charge in [-0.1, -0.05) is 36.4 Å². The Morgan fingerprint density at radius 2 is 1.94 bits per heavy atom. The van der Waals surface area contributed by atoms with E-state index in [4.69, 9.17) is 0 Å². The van der Waals surface area contributed by atoms with E-state index in [0.717, 1.165) is 43.5 Å². The Balaban J connectivity index is 1.23. The first-order valence-corrected chi connectivity index (χ1v) is 11.9. The number of aromatic nitrogens is 2. The Kier molecular flexibility index (Phi) is 6.12. The zero-order valence-electron chi connectivity index (χ0n) is 19.0. The summed E-state index contributed by atoms with van der Waals surface area (Å²) in [7, 11) is 0. The number of amides is 1. The van der Waals surface area contributed by atoms with Crippen LogP contribution in [-0.4, -0.2) is 50.9 Å². The van der Waals surface area contributed by atoms with Crippen LogP contribution < -0.4 is 5.32 Å². The zero-order chi connectivity index (χ0) is 23.8. The molecule has 6 nitrogen and oxygen atoms in total. The molecule has 2 aromatic carbocycles. The van der Waals surface area contributed by atoms with E-state index in [-0.39, 0.29) is 18.9 Å². The molecule has 1 aromatic heterocycles. The normalized spacial score (nSPS) is 23.1. The van der Waals surface area contributed by atoms with Crippen molar-refractivity contribution in [2.45, 2.75) is 56.2 Å². The lowest BCUT2D eigenvalue weighted by Crippen LogP contribution is -2.54. The maximum absolute atomic E-state index is 14.0. The van der Waals surface area contributed by atoms with Gasteiger partial charge in [0.15, 0.2) is 5.60 Å². The highest BCUT2D eigenvalue weighted by molar-refractivity contribution is 5.87. The van der Waals surface area contributed by atoms with Gasteiger partial charge in [0.1, 0.15) is 0 Å². The third-order valence-electron chi connectivity index (χ3n) is 7.37. The van der Waals surface area contributed by atoms with Crippen LogP contribution in [0.15, 0.2) is 54.9 Å². The van der Waals surface area contributed by atoms with Gasteiger partial charge in [0.05, 0.1) is 17.4 Å². The van der Waals surface area contributed by atoms with Crippen LogP contribution in [0, 0.1) is 5.92 Å². The zero-order valence-corrected chi connectivity index (χ0v) is 19.0. The first-order chi connectivity index (χ1) is 16.3. The number of nitrogens with one attached hydrogen (secondary N) is 2. The van der Waals surface area contributed by atoms with Crippen molar-refractivity contribution in [3.8, 4) is 0 Å². The van der Waals surface area contributed by atoms with Gasteiger partial charge in [-0.2, -0.15) is 0 Å². The predicted octanol–water partition coefficient (Wildman–Crippen LogP) is 3.97. The first-order valence-electron chi connectivity index (χ1n) is 11.9. The number of fused-ring (bicyclic) bond motifs is 1. The molecule has 1 saturated carbocycles. The van der Waals surface area contributed by atoms with E-state index in [1.807, 2.05) is 6.07 Å². The number of carbonyl (C=O) groups is 1. The fraction of sp³-hybridized carbons (Fsp3) is 0.462. The Morgan fingerprint density at radius 3 is 2.65 bits per heavy atom. The van der Waals surface area contributed by atoms with Crippen molar-refractivity contribution in [2.24, 2.45) is 5.92 Å². The second-order valence-corrected chi connectivity index (χ2v) is 9.71. The number of likely N-dealkylation sites (tertiary alicyclic amines) is 1. The van der Waals surface area contributed by atoms with Gasteiger partial charge in [-0.15, -0.1) is 0 Å². The summed E-state index contributed by atoms with van der Waals surface area (Å²) in [6.07, 6.45) is 2.49. The van der Waals surface area contributed by atoms with Crippen molar-refractivity contribution < 1.29 is 18.7 Å². The highest BCUT2D eigenvalue weighted by Crippen LogP contribution is 2.47. The molecule has 1 aliphatic carbocycles. The Hall–Kier alpha value is -2.84. The lowest BCUT2D eigenvalue weighted by atomic mass is 9.79. The van der Waals surface area contributed by atoms with E-state index >= 15 is 0 Å². The van der Waals surface area contributed by atoms with Gasteiger partial charge < -0.3 is 15.4 Å². The molecule has 1 amide bonds. The molecule has 0 spiro atoms. The molecule has 8 heteroatoms. The van der Waals surface area contributed by atoms with E-state index in [1.165, 1.54) is 5.56 Å². The van der Waals surface area contributed by atoms with E-state index in [9.17, 15) is 18.7 Å². The maximum Gasteiger partial charge on any atom is 0.257 e. The van der Waals surface area contributed by atoms with Crippen LogP contribution in [0.25, 0.3) is 11.0 Å². The number of H-pyrrole nitrogens is 1. The minimum Gasteiger partial charge on any atom is -0.375 e. The number of aromatic amines is 1. The molecule has 5 rings (SSSR count). The smallest absolute Gasteiger partial charge is 0.257 e. The minimum absolute atomic E-state index is 0.102. The second-order valence-electron chi connectivity index (χ2n) is 9.71. The molecule has 1 saturated heterocycles. The van der Waals surface area contributed by atoms with Crippen molar-refractivity contribution in [1.82, 2.24) is 20.2 Å². The summed E-state index contributed by atoms with van der Waals surface area (Å²) >= 11 is 0. The molecule has 2 aliphatic rings. The number of alkyl halides is 2. The molecule has 1 aliphatic heterocycles. The number of imidazole rings is 1. The van der Waals surface area contributed by atoms with Crippen LogP contribution >= 0.6 is 0 Å². The molecule has 34 heavy (non-hydrogen) atoms. The molecule has 2 atom stereocenters. The number of hydrogen-bond acceptors (Lipinski definition) is 4. The molecule has 0 bridgehead atoms. The number of aliphatic hydroxyl groups is 1. The van der Waals surface area contributed by atoms with Gasteiger partial charge in [0.25, 0.3) is 5.91 Å². The minimum atomic E-state index is -2.85. The molecule has 3 N–H and O–H groups in total. The average molecular weight is 469 g/mol. The number of rotatable bonds is 6. The van der Waals surface area contributed by atoms with Gasteiger partial charge in [-0.05, 0) is 42.5 Å². The highest BCUT2D eigenvalue weighted by atomic mass is 19.3.